The average Bonchev–Trinajstić information content (AvgIpc) is 3.11. The largest absolute Gasteiger partial charge is 0.478 e. The maximum absolute atomic E-state index is 10.9. The topological polar surface area (TPSA) is 42.2 Å². The van der Waals surface area contributed by atoms with Crippen molar-refractivity contribution >= 4 is 22.9 Å². The van der Waals surface area contributed by atoms with E-state index >= 15 is 0 Å². The summed E-state index contributed by atoms with van der Waals surface area (Å²) >= 11 is 0. The van der Waals surface area contributed by atoms with Gasteiger partial charge in [0.05, 0.1) is 5.52 Å². The van der Waals surface area contributed by atoms with Crippen molar-refractivity contribution in [3.05, 3.63) is 108 Å². The van der Waals surface area contributed by atoms with E-state index in [1.165, 1.54) is 17.2 Å². The van der Waals surface area contributed by atoms with Crippen molar-refractivity contribution in [2.45, 2.75) is 19.3 Å². The van der Waals surface area contributed by atoms with Crippen LogP contribution in [-0.2, 0) is 11.2 Å². The number of carbonyl (C=O) groups is 1. The third-order valence-electron chi connectivity index (χ3n) is 5.26. The molecule has 1 heterocycles. The van der Waals surface area contributed by atoms with Crippen LogP contribution in [0.5, 0.6) is 0 Å². The first kappa shape index (κ1) is 18.8. The number of hydrogen-bond acceptors (Lipinski definition) is 1. The summed E-state index contributed by atoms with van der Waals surface area (Å²) in [5, 5.41) is 10.1. The van der Waals surface area contributed by atoms with Gasteiger partial charge in [-0.25, -0.2) is 4.79 Å². The maximum Gasteiger partial charge on any atom is 0.328 e. The SMILES string of the molecule is CC(Cc1cn(-c2ccccc2)c2ccc(C=CC(=O)O)cc12)c1ccccc1. The lowest BCUT2D eigenvalue weighted by molar-refractivity contribution is -0.131. The second-order valence-electron chi connectivity index (χ2n) is 7.32. The number of nitrogens with zero attached hydrogens (tertiary/aromatic N) is 1. The molecule has 0 amide bonds. The number of para-hydroxylation sites is 1. The Morgan fingerprint density at radius 3 is 2.38 bits per heavy atom. The van der Waals surface area contributed by atoms with Crippen LogP contribution in [0.4, 0.5) is 0 Å². The summed E-state index contributed by atoms with van der Waals surface area (Å²) < 4.78 is 2.22. The van der Waals surface area contributed by atoms with E-state index in [-0.39, 0.29) is 0 Å². The zero-order valence-corrected chi connectivity index (χ0v) is 16.3. The quantitative estimate of drug-likeness (QED) is 0.412. The van der Waals surface area contributed by atoms with E-state index in [0.717, 1.165) is 28.6 Å². The molecule has 0 radical (unpaired) electrons. The molecule has 3 heteroatoms. The molecule has 1 N–H and O–H groups in total. The third kappa shape index (κ3) is 4.14. The molecule has 0 saturated carbocycles. The normalized spacial score (nSPS) is 12.4. The number of fused-ring (bicyclic) bond motifs is 1. The Morgan fingerprint density at radius 1 is 1.00 bits per heavy atom. The molecule has 0 spiro atoms. The van der Waals surface area contributed by atoms with Crippen LogP contribution >= 0.6 is 0 Å². The molecule has 144 valence electrons. The van der Waals surface area contributed by atoms with Crippen LogP contribution in [-0.4, -0.2) is 15.6 Å². The lowest BCUT2D eigenvalue weighted by atomic mass is 9.93. The fourth-order valence-corrected chi connectivity index (χ4v) is 3.78. The fraction of sp³-hybridized carbons (Fsp3) is 0.115. The van der Waals surface area contributed by atoms with Crippen molar-refractivity contribution in [3.63, 3.8) is 0 Å². The van der Waals surface area contributed by atoms with Crippen molar-refractivity contribution in [2.75, 3.05) is 0 Å². The molecule has 3 nitrogen and oxygen atoms in total. The van der Waals surface area contributed by atoms with Crippen molar-refractivity contribution in [3.8, 4) is 5.69 Å². The van der Waals surface area contributed by atoms with E-state index in [4.69, 9.17) is 5.11 Å². The van der Waals surface area contributed by atoms with Crippen LogP contribution in [0.3, 0.4) is 0 Å². The van der Waals surface area contributed by atoms with Gasteiger partial charge in [-0.1, -0.05) is 61.5 Å². The Balaban J connectivity index is 1.80. The van der Waals surface area contributed by atoms with Gasteiger partial charge in [0.25, 0.3) is 0 Å². The molecule has 4 aromatic rings. The molecule has 0 bridgehead atoms. The molecular weight excluding hydrogens is 358 g/mol. The number of hydrogen-bond donors (Lipinski definition) is 1. The van der Waals surface area contributed by atoms with Crippen LogP contribution in [0.1, 0.15) is 29.5 Å². The summed E-state index contributed by atoms with van der Waals surface area (Å²) in [6, 6.07) is 26.9. The van der Waals surface area contributed by atoms with Crippen molar-refractivity contribution in [1.29, 1.82) is 0 Å². The summed E-state index contributed by atoms with van der Waals surface area (Å²) in [5.41, 5.74) is 5.70. The van der Waals surface area contributed by atoms with E-state index in [0.29, 0.717) is 5.92 Å². The number of carboxylic acid groups (broad SMARTS) is 1. The Bertz CT molecular complexity index is 1160. The minimum Gasteiger partial charge on any atom is -0.478 e. The fourth-order valence-electron chi connectivity index (χ4n) is 3.78. The van der Waals surface area contributed by atoms with E-state index in [1.807, 2.05) is 30.3 Å². The zero-order valence-electron chi connectivity index (χ0n) is 16.3. The average molecular weight is 381 g/mol. The maximum atomic E-state index is 10.9. The Labute approximate surface area is 170 Å². The first-order chi connectivity index (χ1) is 14.1. The molecule has 1 aromatic heterocycles. The highest BCUT2D eigenvalue weighted by molar-refractivity contribution is 5.90. The van der Waals surface area contributed by atoms with Crippen LogP contribution in [0.2, 0.25) is 0 Å². The number of rotatable bonds is 6. The standard InChI is InChI=1S/C26H23NO2/c1-19(21-8-4-2-5-9-21)16-22-18-27(23-10-6-3-7-11-23)25-14-12-20(17-24(22)25)13-15-26(28)29/h2-15,17-19H,16H2,1H3,(H,28,29). The molecule has 4 rings (SSSR count). The van der Waals surface area contributed by atoms with Crippen LogP contribution in [0, 0.1) is 0 Å². The summed E-state index contributed by atoms with van der Waals surface area (Å²) in [5.74, 6) is -0.561. The number of benzene rings is 3. The van der Waals surface area contributed by atoms with Gasteiger partial charge < -0.3 is 9.67 Å². The Kier molecular flexibility index (Phi) is 5.30. The molecule has 0 aliphatic rings. The molecule has 29 heavy (non-hydrogen) atoms. The lowest BCUT2D eigenvalue weighted by Gasteiger charge is -2.11. The van der Waals surface area contributed by atoms with E-state index in [9.17, 15) is 4.79 Å². The molecular formula is C26H23NO2. The van der Waals surface area contributed by atoms with Crippen LogP contribution < -0.4 is 0 Å². The van der Waals surface area contributed by atoms with Crippen LogP contribution in [0.25, 0.3) is 22.7 Å². The second-order valence-corrected chi connectivity index (χ2v) is 7.32. The summed E-state index contributed by atoms with van der Waals surface area (Å²) in [6.07, 6.45) is 5.95. The first-order valence-corrected chi connectivity index (χ1v) is 9.77. The minimum atomic E-state index is -0.940. The van der Waals surface area contributed by atoms with Gasteiger partial charge in [0, 0.05) is 23.3 Å². The first-order valence-electron chi connectivity index (χ1n) is 9.77. The van der Waals surface area contributed by atoms with Gasteiger partial charge in [-0.3, -0.25) is 0 Å². The van der Waals surface area contributed by atoms with Gasteiger partial charge in [-0.05, 0) is 59.4 Å². The van der Waals surface area contributed by atoms with Gasteiger partial charge in [0.15, 0.2) is 0 Å². The molecule has 0 fully saturated rings. The number of aromatic nitrogens is 1. The third-order valence-corrected chi connectivity index (χ3v) is 5.26. The second kappa shape index (κ2) is 8.19. The molecule has 1 unspecified atom stereocenters. The monoisotopic (exact) mass is 381 g/mol. The van der Waals surface area contributed by atoms with E-state index in [2.05, 4.69) is 66.2 Å². The molecule has 1 atom stereocenters. The summed E-state index contributed by atoms with van der Waals surface area (Å²) in [4.78, 5) is 10.9. The lowest BCUT2D eigenvalue weighted by Crippen LogP contribution is -1.98. The molecule has 0 aliphatic carbocycles. The Hall–Kier alpha value is -3.59. The van der Waals surface area contributed by atoms with E-state index in [1.54, 1.807) is 6.08 Å². The van der Waals surface area contributed by atoms with Crippen molar-refractivity contribution in [2.24, 2.45) is 0 Å². The van der Waals surface area contributed by atoms with Gasteiger partial charge >= 0.3 is 5.97 Å². The van der Waals surface area contributed by atoms with Gasteiger partial charge in [-0.15, -0.1) is 0 Å². The van der Waals surface area contributed by atoms with Gasteiger partial charge in [-0.2, -0.15) is 0 Å². The highest BCUT2D eigenvalue weighted by Crippen LogP contribution is 2.30. The number of aliphatic carboxylic acids is 1. The predicted molar refractivity (Wildman–Crippen MR) is 119 cm³/mol. The Morgan fingerprint density at radius 2 is 1.69 bits per heavy atom. The van der Waals surface area contributed by atoms with Crippen LogP contribution in [0.15, 0.2) is 91.1 Å². The number of carboxylic acids is 1. The molecule has 0 aliphatic heterocycles. The van der Waals surface area contributed by atoms with Gasteiger partial charge in [0.2, 0.25) is 0 Å². The highest BCUT2D eigenvalue weighted by Gasteiger charge is 2.14. The van der Waals surface area contributed by atoms with Gasteiger partial charge in [0.1, 0.15) is 0 Å². The van der Waals surface area contributed by atoms with Crippen molar-refractivity contribution in [1.82, 2.24) is 4.57 Å². The molecule has 0 saturated heterocycles. The predicted octanol–water partition coefficient (Wildman–Crippen LogP) is 6.07. The molecule has 3 aromatic carbocycles. The summed E-state index contributed by atoms with van der Waals surface area (Å²) in [7, 11) is 0. The summed E-state index contributed by atoms with van der Waals surface area (Å²) in [6.45, 7) is 2.25. The zero-order chi connectivity index (χ0) is 20.2. The minimum absolute atomic E-state index is 0.379. The van der Waals surface area contributed by atoms with Crippen molar-refractivity contribution < 1.29 is 9.90 Å². The highest BCUT2D eigenvalue weighted by atomic mass is 16.4. The van der Waals surface area contributed by atoms with E-state index < -0.39 is 5.97 Å². The smallest absolute Gasteiger partial charge is 0.328 e.